The van der Waals surface area contributed by atoms with Crippen molar-refractivity contribution in [2.75, 3.05) is 12.4 Å². The molecule has 1 unspecified atom stereocenters. The van der Waals surface area contributed by atoms with Gasteiger partial charge in [-0.3, -0.25) is 0 Å². The van der Waals surface area contributed by atoms with Crippen LogP contribution in [0.4, 0.5) is 10.5 Å². The van der Waals surface area contributed by atoms with Crippen LogP contribution in [0.25, 0.3) is 0 Å². The van der Waals surface area contributed by atoms with Crippen LogP contribution in [0.2, 0.25) is 5.02 Å². The molecule has 5 heteroatoms. The van der Waals surface area contributed by atoms with E-state index in [1.165, 1.54) is 0 Å². The Morgan fingerprint density at radius 2 is 1.67 bits per heavy atom. The van der Waals surface area contributed by atoms with Crippen LogP contribution in [0.15, 0.2) is 78.9 Å². The second kappa shape index (κ2) is 9.10. The average molecular weight is 381 g/mol. The summed E-state index contributed by atoms with van der Waals surface area (Å²) in [6, 6.07) is 24.6. The van der Waals surface area contributed by atoms with E-state index < -0.39 is 0 Å². The van der Waals surface area contributed by atoms with Gasteiger partial charge in [0.1, 0.15) is 5.75 Å². The highest BCUT2D eigenvalue weighted by Crippen LogP contribution is 2.28. The van der Waals surface area contributed by atoms with Crippen molar-refractivity contribution >= 4 is 23.3 Å². The van der Waals surface area contributed by atoms with Crippen LogP contribution < -0.4 is 15.4 Å². The topological polar surface area (TPSA) is 50.4 Å². The van der Waals surface area contributed by atoms with Crippen LogP contribution in [-0.4, -0.2) is 13.1 Å². The monoisotopic (exact) mass is 380 g/mol. The van der Waals surface area contributed by atoms with E-state index in [0.29, 0.717) is 22.9 Å². The molecule has 2 amide bonds. The number of carbonyl (C=O) groups is 1. The highest BCUT2D eigenvalue weighted by Gasteiger charge is 2.16. The van der Waals surface area contributed by atoms with Crippen molar-refractivity contribution in [3.63, 3.8) is 0 Å². The number of anilines is 1. The fraction of sp³-hybridized carbons (Fsp3) is 0.136. The van der Waals surface area contributed by atoms with Crippen molar-refractivity contribution in [2.24, 2.45) is 0 Å². The second-order valence-corrected chi connectivity index (χ2v) is 6.53. The zero-order valence-electron chi connectivity index (χ0n) is 15.0. The molecule has 0 aliphatic rings. The number of halogens is 1. The lowest BCUT2D eigenvalue weighted by atomic mass is 9.99. The zero-order chi connectivity index (χ0) is 19.1. The number of benzene rings is 3. The van der Waals surface area contributed by atoms with E-state index in [-0.39, 0.29) is 12.1 Å². The molecule has 0 radical (unpaired) electrons. The van der Waals surface area contributed by atoms with Gasteiger partial charge in [0.05, 0.1) is 18.8 Å². The summed E-state index contributed by atoms with van der Waals surface area (Å²) < 4.78 is 5.29. The lowest BCUT2D eigenvalue weighted by molar-refractivity contribution is 0.248. The van der Waals surface area contributed by atoms with Crippen molar-refractivity contribution in [3.8, 4) is 5.75 Å². The van der Waals surface area contributed by atoms with E-state index in [4.69, 9.17) is 16.3 Å². The van der Waals surface area contributed by atoms with Crippen molar-refractivity contribution in [1.29, 1.82) is 0 Å². The van der Waals surface area contributed by atoms with Crippen molar-refractivity contribution in [1.82, 2.24) is 5.32 Å². The lowest BCUT2D eigenvalue weighted by Gasteiger charge is -2.20. The largest absolute Gasteiger partial charge is 0.495 e. The fourth-order valence-electron chi connectivity index (χ4n) is 2.88. The standard InChI is InChI=1S/C22H21ClN2O2/c1-27-21-13-12-18(23)15-20(21)25-22(26)24-19(17-10-6-3-7-11-17)14-16-8-4-2-5-9-16/h2-13,15,19H,14H2,1H3,(H2,24,25,26). The van der Waals surface area contributed by atoms with E-state index in [0.717, 1.165) is 11.1 Å². The third kappa shape index (κ3) is 5.25. The van der Waals surface area contributed by atoms with E-state index in [1.807, 2.05) is 48.5 Å². The van der Waals surface area contributed by atoms with Gasteiger partial charge in [0, 0.05) is 5.02 Å². The molecule has 3 aromatic rings. The van der Waals surface area contributed by atoms with E-state index in [2.05, 4.69) is 22.8 Å². The molecule has 0 spiro atoms. The maximum atomic E-state index is 12.6. The second-order valence-electron chi connectivity index (χ2n) is 6.10. The number of rotatable bonds is 6. The first-order valence-electron chi connectivity index (χ1n) is 8.65. The molecule has 0 aliphatic heterocycles. The zero-order valence-corrected chi connectivity index (χ0v) is 15.7. The summed E-state index contributed by atoms with van der Waals surface area (Å²) in [5.41, 5.74) is 2.70. The van der Waals surface area contributed by atoms with Crippen LogP contribution in [0.1, 0.15) is 17.2 Å². The molecule has 0 aliphatic carbocycles. The highest BCUT2D eigenvalue weighted by molar-refractivity contribution is 6.31. The molecule has 0 saturated heterocycles. The van der Waals surface area contributed by atoms with E-state index in [9.17, 15) is 4.79 Å². The molecule has 2 N–H and O–H groups in total. The third-order valence-electron chi connectivity index (χ3n) is 4.20. The van der Waals surface area contributed by atoms with Crippen LogP contribution in [0.3, 0.4) is 0 Å². The van der Waals surface area contributed by atoms with Gasteiger partial charge in [-0.1, -0.05) is 72.3 Å². The first-order chi connectivity index (χ1) is 13.2. The first kappa shape index (κ1) is 18.8. The molecule has 3 rings (SSSR count). The molecule has 0 saturated carbocycles. The van der Waals surface area contributed by atoms with Gasteiger partial charge in [-0.2, -0.15) is 0 Å². The first-order valence-corrected chi connectivity index (χ1v) is 9.03. The van der Waals surface area contributed by atoms with E-state index >= 15 is 0 Å². The maximum Gasteiger partial charge on any atom is 0.319 e. The van der Waals surface area contributed by atoms with Crippen LogP contribution in [0.5, 0.6) is 5.75 Å². The SMILES string of the molecule is COc1ccc(Cl)cc1NC(=O)NC(Cc1ccccc1)c1ccccc1. The fourth-order valence-corrected chi connectivity index (χ4v) is 3.05. The van der Waals surface area contributed by atoms with Gasteiger partial charge in [0.2, 0.25) is 0 Å². The average Bonchev–Trinajstić information content (AvgIpc) is 2.69. The summed E-state index contributed by atoms with van der Waals surface area (Å²) in [6.45, 7) is 0. The number of carbonyl (C=O) groups excluding carboxylic acids is 1. The van der Waals surface area contributed by atoms with Crippen molar-refractivity contribution in [3.05, 3.63) is 95.0 Å². The third-order valence-corrected chi connectivity index (χ3v) is 4.43. The summed E-state index contributed by atoms with van der Waals surface area (Å²) >= 11 is 6.04. The lowest BCUT2D eigenvalue weighted by Crippen LogP contribution is -2.33. The smallest absolute Gasteiger partial charge is 0.319 e. The Balaban J connectivity index is 1.77. The predicted molar refractivity (Wildman–Crippen MR) is 109 cm³/mol. The van der Waals surface area contributed by atoms with Crippen LogP contribution >= 0.6 is 11.6 Å². The van der Waals surface area contributed by atoms with Crippen LogP contribution in [0, 0.1) is 0 Å². The summed E-state index contributed by atoms with van der Waals surface area (Å²) in [4.78, 5) is 12.6. The van der Waals surface area contributed by atoms with Crippen molar-refractivity contribution < 1.29 is 9.53 Å². The molecule has 4 nitrogen and oxygen atoms in total. The Labute approximate surface area is 164 Å². The molecule has 3 aromatic carbocycles. The van der Waals surface area contributed by atoms with Gasteiger partial charge in [-0.05, 0) is 35.7 Å². The molecule has 1 atom stereocenters. The van der Waals surface area contributed by atoms with E-state index in [1.54, 1.807) is 25.3 Å². The molecule has 27 heavy (non-hydrogen) atoms. The van der Waals surface area contributed by atoms with Gasteiger partial charge in [0.15, 0.2) is 0 Å². The van der Waals surface area contributed by atoms with Gasteiger partial charge >= 0.3 is 6.03 Å². The summed E-state index contributed by atoms with van der Waals surface area (Å²) in [5, 5.41) is 6.40. The predicted octanol–water partition coefficient (Wildman–Crippen LogP) is 5.45. The minimum Gasteiger partial charge on any atom is -0.495 e. The molecule has 0 fully saturated rings. The molecular formula is C22H21ClN2O2. The number of amides is 2. The molecule has 0 heterocycles. The summed E-state index contributed by atoms with van der Waals surface area (Å²) in [7, 11) is 1.55. The number of ether oxygens (including phenoxy) is 1. The maximum absolute atomic E-state index is 12.6. The Morgan fingerprint density at radius 3 is 2.33 bits per heavy atom. The summed E-state index contributed by atoms with van der Waals surface area (Å²) in [6.07, 6.45) is 0.685. The normalized spacial score (nSPS) is 11.5. The molecule has 0 bridgehead atoms. The summed E-state index contributed by atoms with van der Waals surface area (Å²) in [5.74, 6) is 0.550. The molecule has 138 valence electrons. The van der Waals surface area contributed by atoms with Gasteiger partial charge in [-0.15, -0.1) is 0 Å². The number of methoxy groups -OCH3 is 1. The molecular weight excluding hydrogens is 360 g/mol. The van der Waals surface area contributed by atoms with Gasteiger partial charge in [-0.25, -0.2) is 4.79 Å². The highest BCUT2D eigenvalue weighted by atomic mass is 35.5. The van der Waals surface area contributed by atoms with Gasteiger partial charge < -0.3 is 15.4 Å². The Bertz CT molecular complexity index is 885. The molecule has 0 aromatic heterocycles. The number of hydrogen-bond acceptors (Lipinski definition) is 2. The Morgan fingerprint density at radius 1 is 1.00 bits per heavy atom. The Hall–Kier alpha value is -2.98. The Kier molecular flexibility index (Phi) is 6.34. The quantitative estimate of drug-likeness (QED) is 0.597. The minimum absolute atomic E-state index is 0.168. The number of urea groups is 1. The number of nitrogens with one attached hydrogen (secondary N) is 2. The van der Waals surface area contributed by atoms with Crippen molar-refractivity contribution in [2.45, 2.75) is 12.5 Å². The van der Waals surface area contributed by atoms with Crippen LogP contribution in [-0.2, 0) is 6.42 Å². The number of hydrogen-bond donors (Lipinski definition) is 2. The minimum atomic E-state index is -0.319. The van der Waals surface area contributed by atoms with Gasteiger partial charge in [0.25, 0.3) is 0 Å².